The van der Waals surface area contributed by atoms with Crippen molar-refractivity contribution in [2.45, 2.75) is 6.10 Å². The molecule has 8 heteroatoms. The first-order valence-corrected chi connectivity index (χ1v) is 4.06. The van der Waals surface area contributed by atoms with Crippen LogP contribution in [0.2, 0.25) is 0 Å². The molecule has 0 rings (SSSR count). The lowest BCUT2D eigenvalue weighted by Crippen LogP contribution is -2.39. The molecule has 0 aromatic heterocycles. The molecule has 11 heavy (non-hydrogen) atoms. The van der Waals surface area contributed by atoms with Gasteiger partial charge in [0.05, 0.1) is 0 Å². The summed E-state index contributed by atoms with van der Waals surface area (Å²) in [5.74, 6) is -1.51. The third-order valence-electron chi connectivity index (χ3n) is 0.763. The molecule has 0 aromatic carbocycles. The average molecular weight is 184 g/mol. The lowest BCUT2D eigenvalue weighted by Gasteiger charge is -2.04. The summed E-state index contributed by atoms with van der Waals surface area (Å²) in [7, 11) is -3.93. The summed E-state index contributed by atoms with van der Waals surface area (Å²) in [6.45, 7) is -0.631. The summed E-state index contributed by atoms with van der Waals surface area (Å²) in [6, 6.07) is 0. The van der Waals surface area contributed by atoms with E-state index in [2.05, 4.69) is 5.14 Å². The quantitative estimate of drug-likeness (QED) is 0.375. The fourth-order valence-electron chi connectivity index (χ4n) is 0.282. The molecular formula is C3H8N2O5S. The van der Waals surface area contributed by atoms with Gasteiger partial charge in [0.2, 0.25) is 0 Å². The molecule has 0 heterocycles. The number of nitrogens with two attached hydrogens (primary N) is 1. The van der Waals surface area contributed by atoms with Crippen molar-refractivity contribution in [1.82, 2.24) is 4.72 Å². The van der Waals surface area contributed by atoms with Gasteiger partial charge in [-0.25, -0.2) is 9.93 Å². The van der Waals surface area contributed by atoms with Crippen molar-refractivity contribution >= 4 is 16.2 Å². The number of nitrogens with one attached hydrogen (secondary N) is 1. The fourth-order valence-corrected chi connectivity index (χ4v) is 0.673. The van der Waals surface area contributed by atoms with Gasteiger partial charge >= 0.3 is 5.97 Å². The Hall–Kier alpha value is -0.700. The lowest BCUT2D eigenvalue weighted by atomic mass is 10.4. The van der Waals surface area contributed by atoms with Crippen LogP contribution in [0.15, 0.2) is 0 Å². The van der Waals surface area contributed by atoms with E-state index < -0.39 is 28.8 Å². The van der Waals surface area contributed by atoms with E-state index in [4.69, 9.17) is 10.2 Å². The molecule has 0 aliphatic heterocycles. The van der Waals surface area contributed by atoms with Crippen LogP contribution in [-0.2, 0) is 15.0 Å². The zero-order chi connectivity index (χ0) is 9.07. The van der Waals surface area contributed by atoms with Crippen LogP contribution in [0.1, 0.15) is 0 Å². The van der Waals surface area contributed by atoms with E-state index in [0.29, 0.717) is 0 Å². The van der Waals surface area contributed by atoms with Crippen molar-refractivity contribution in [1.29, 1.82) is 0 Å². The van der Waals surface area contributed by atoms with Gasteiger partial charge in [-0.1, -0.05) is 0 Å². The topological polar surface area (TPSA) is 130 Å². The van der Waals surface area contributed by atoms with Gasteiger partial charge in [0.25, 0.3) is 10.2 Å². The number of hydrogen-bond acceptors (Lipinski definition) is 4. The smallest absolute Gasteiger partial charge is 0.333 e. The SMILES string of the molecule is NS(=O)(=O)NC[C@H](O)C(=O)O. The molecule has 0 fully saturated rings. The minimum atomic E-state index is -3.93. The summed E-state index contributed by atoms with van der Waals surface area (Å²) >= 11 is 0. The number of aliphatic hydroxyl groups is 1. The number of carboxylic acids is 1. The van der Waals surface area contributed by atoms with Gasteiger partial charge in [-0.15, -0.1) is 0 Å². The summed E-state index contributed by atoms with van der Waals surface area (Å²) in [5, 5.41) is 21.0. The highest BCUT2D eigenvalue weighted by molar-refractivity contribution is 7.87. The van der Waals surface area contributed by atoms with Crippen LogP contribution in [-0.4, -0.2) is 37.2 Å². The Balaban J connectivity index is 3.82. The van der Waals surface area contributed by atoms with E-state index in [1.165, 1.54) is 0 Å². The van der Waals surface area contributed by atoms with Gasteiger partial charge in [0, 0.05) is 6.54 Å². The normalized spacial score (nSPS) is 14.4. The molecule has 66 valence electrons. The summed E-state index contributed by atoms with van der Waals surface area (Å²) in [6.07, 6.45) is -1.77. The average Bonchev–Trinajstić information content (AvgIpc) is 1.80. The van der Waals surface area contributed by atoms with Crippen LogP contribution in [0.25, 0.3) is 0 Å². The highest BCUT2D eigenvalue weighted by Gasteiger charge is 2.14. The lowest BCUT2D eigenvalue weighted by molar-refractivity contribution is -0.146. The highest BCUT2D eigenvalue weighted by Crippen LogP contribution is 1.80. The molecule has 1 atom stereocenters. The molecule has 0 amide bonds. The standard InChI is InChI=1S/C3H8N2O5S/c4-11(9,10)5-1-2(6)3(7)8/h2,5-6H,1H2,(H,7,8)(H2,4,9,10)/t2-/m0/s1. The monoisotopic (exact) mass is 184 g/mol. The van der Waals surface area contributed by atoms with Gasteiger partial charge in [-0.3, -0.25) is 0 Å². The maximum atomic E-state index is 10.1. The van der Waals surface area contributed by atoms with Gasteiger partial charge in [0.1, 0.15) is 0 Å². The van der Waals surface area contributed by atoms with Gasteiger partial charge in [0.15, 0.2) is 6.10 Å². The molecule has 0 spiro atoms. The van der Waals surface area contributed by atoms with Crippen molar-refractivity contribution in [3.8, 4) is 0 Å². The van der Waals surface area contributed by atoms with Crippen molar-refractivity contribution < 1.29 is 23.4 Å². The van der Waals surface area contributed by atoms with E-state index in [1.807, 2.05) is 0 Å². The molecule has 0 saturated heterocycles. The van der Waals surface area contributed by atoms with Crippen LogP contribution >= 0.6 is 0 Å². The minimum Gasteiger partial charge on any atom is -0.479 e. The fraction of sp³-hybridized carbons (Fsp3) is 0.667. The predicted octanol–water partition coefficient (Wildman–Crippen LogP) is -2.77. The zero-order valence-electron chi connectivity index (χ0n) is 5.39. The molecule has 7 nitrogen and oxygen atoms in total. The van der Waals surface area contributed by atoms with Gasteiger partial charge in [-0.05, 0) is 0 Å². The Kier molecular flexibility index (Phi) is 3.39. The molecule has 5 N–H and O–H groups in total. The van der Waals surface area contributed by atoms with E-state index >= 15 is 0 Å². The number of aliphatic carboxylic acids is 1. The molecule has 0 aliphatic carbocycles. The summed E-state index contributed by atoms with van der Waals surface area (Å²) in [5.41, 5.74) is 0. The first-order chi connectivity index (χ1) is 4.83. The second kappa shape index (κ2) is 3.62. The van der Waals surface area contributed by atoms with E-state index in [0.717, 1.165) is 0 Å². The number of hydrogen-bond donors (Lipinski definition) is 4. The second-order valence-corrected chi connectivity index (χ2v) is 3.13. The van der Waals surface area contributed by atoms with Crippen molar-refractivity contribution in [2.75, 3.05) is 6.54 Å². The Morgan fingerprint density at radius 2 is 2.09 bits per heavy atom. The Labute approximate surface area is 63.0 Å². The third-order valence-corrected chi connectivity index (χ3v) is 1.33. The Morgan fingerprint density at radius 1 is 1.64 bits per heavy atom. The molecule has 0 aromatic rings. The first-order valence-electron chi connectivity index (χ1n) is 2.51. The maximum absolute atomic E-state index is 10.1. The summed E-state index contributed by atoms with van der Waals surface area (Å²) in [4.78, 5) is 9.89. The van der Waals surface area contributed by atoms with Crippen LogP contribution < -0.4 is 9.86 Å². The molecule has 0 unspecified atom stereocenters. The zero-order valence-corrected chi connectivity index (χ0v) is 6.21. The second-order valence-electron chi connectivity index (χ2n) is 1.75. The van der Waals surface area contributed by atoms with Gasteiger partial charge < -0.3 is 10.2 Å². The van der Waals surface area contributed by atoms with Crippen molar-refractivity contribution in [2.24, 2.45) is 5.14 Å². The number of rotatable bonds is 4. The van der Waals surface area contributed by atoms with Crippen LogP contribution in [0.3, 0.4) is 0 Å². The molecule has 0 aliphatic rings. The Bertz CT molecular complexity index is 234. The number of carbonyl (C=O) groups is 1. The largest absolute Gasteiger partial charge is 0.479 e. The third kappa shape index (κ3) is 5.73. The van der Waals surface area contributed by atoms with Crippen LogP contribution in [0.4, 0.5) is 0 Å². The maximum Gasteiger partial charge on any atom is 0.333 e. The van der Waals surface area contributed by atoms with Crippen molar-refractivity contribution in [3.05, 3.63) is 0 Å². The van der Waals surface area contributed by atoms with E-state index in [-0.39, 0.29) is 0 Å². The molecule has 0 radical (unpaired) electrons. The molecule has 0 bridgehead atoms. The van der Waals surface area contributed by atoms with Crippen molar-refractivity contribution in [3.63, 3.8) is 0 Å². The first kappa shape index (κ1) is 10.3. The minimum absolute atomic E-state index is 0.631. The highest BCUT2D eigenvalue weighted by atomic mass is 32.2. The van der Waals surface area contributed by atoms with Crippen LogP contribution in [0.5, 0.6) is 0 Å². The molecular weight excluding hydrogens is 176 g/mol. The summed E-state index contributed by atoms with van der Waals surface area (Å²) < 4.78 is 21.9. The predicted molar refractivity (Wildman–Crippen MR) is 34.8 cm³/mol. The number of carboxylic acid groups (broad SMARTS) is 1. The van der Waals surface area contributed by atoms with E-state index in [9.17, 15) is 13.2 Å². The van der Waals surface area contributed by atoms with E-state index in [1.54, 1.807) is 4.72 Å². The van der Waals surface area contributed by atoms with Gasteiger partial charge in [-0.2, -0.15) is 13.1 Å². The van der Waals surface area contributed by atoms with Crippen LogP contribution in [0, 0.1) is 0 Å². The molecule has 0 saturated carbocycles. The Morgan fingerprint density at radius 3 is 2.36 bits per heavy atom. The number of aliphatic hydroxyl groups excluding tert-OH is 1.